The van der Waals surface area contributed by atoms with Crippen molar-refractivity contribution in [3.05, 3.63) is 22.4 Å². The van der Waals surface area contributed by atoms with Crippen molar-refractivity contribution in [2.75, 3.05) is 39.3 Å². The quantitative estimate of drug-likeness (QED) is 0.523. The molecule has 0 aliphatic carbocycles. The molecule has 150 valence electrons. The maximum atomic E-state index is 12.5. The Bertz CT molecular complexity index is 799. The van der Waals surface area contributed by atoms with Gasteiger partial charge in [-0.2, -0.15) is 0 Å². The molecule has 3 rings (SSSR count). The zero-order chi connectivity index (χ0) is 20.4. The topological polar surface area (TPSA) is 98.3 Å². The molecule has 0 radical (unpaired) electrons. The first kappa shape index (κ1) is 20.0. The smallest absolute Gasteiger partial charge is 0.334 e. The van der Waals surface area contributed by atoms with E-state index in [0.717, 1.165) is 4.90 Å². The predicted molar refractivity (Wildman–Crippen MR) is 100 cm³/mol. The Morgan fingerprint density at radius 3 is 2.18 bits per heavy atom. The summed E-state index contributed by atoms with van der Waals surface area (Å²) in [5, 5.41) is 1.83. The van der Waals surface area contributed by atoms with Gasteiger partial charge in [0.25, 0.3) is 5.91 Å². The first-order valence-electron chi connectivity index (χ1n) is 9.07. The number of urea groups is 1. The second kappa shape index (κ2) is 8.09. The number of carbonyl (C=O) groups is 5. The van der Waals surface area contributed by atoms with Crippen LogP contribution in [0.3, 0.4) is 0 Å². The van der Waals surface area contributed by atoms with Crippen LogP contribution in [-0.4, -0.2) is 88.5 Å². The van der Waals surface area contributed by atoms with Gasteiger partial charge in [-0.3, -0.25) is 24.1 Å². The Balaban J connectivity index is 1.56. The van der Waals surface area contributed by atoms with Crippen LogP contribution in [0.5, 0.6) is 0 Å². The number of rotatable bonds is 5. The van der Waals surface area contributed by atoms with Crippen LogP contribution in [0.2, 0.25) is 0 Å². The third kappa shape index (κ3) is 3.91. The van der Waals surface area contributed by atoms with Gasteiger partial charge in [-0.15, -0.1) is 11.3 Å². The summed E-state index contributed by atoms with van der Waals surface area (Å²) in [6, 6.07) is 2.82. The van der Waals surface area contributed by atoms with Crippen LogP contribution in [0.25, 0.3) is 0 Å². The molecule has 0 atom stereocenters. The van der Waals surface area contributed by atoms with Crippen molar-refractivity contribution >= 4 is 41.0 Å². The fourth-order valence-electron chi connectivity index (χ4n) is 3.17. The number of amides is 6. The fraction of sp³-hybridized carbons (Fsp3) is 0.500. The van der Waals surface area contributed by atoms with Crippen LogP contribution in [0.15, 0.2) is 17.5 Å². The van der Waals surface area contributed by atoms with Crippen molar-refractivity contribution in [3.8, 4) is 0 Å². The average Bonchev–Trinajstić information content (AvgIpc) is 3.28. The van der Waals surface area contributed by atoms with Gasteiger partial charge in [0.1, 0.15) is 6.54 Å². The zero-order valence-electron chi connectivity index (χ0n) is 15.8. The van der Waals surface area contributed by atoms with Crippen molar-refractivity contribution in [2.45, 2.75) is 13.8 Å². The van der Waals surface area contributed by atoms with E-state index in [1.807, 2.05) is 25.3 Å². The summed E-state index contributed by atoms with van der Waals surface area (Å²) in [4.78, 5) is 66.7. The largest absolute Gasteiger partial charge is 0.338 e. The number of carbonyl (C=O) groups excluding carboxylic acids is 5. The van der Waals surface area contributed by atoms with E-state index in [-0.39, 0.29) is 18.4 Å². The molecule has 0 spiro atoms. The number of nitrogens with zero attached hydrogens (tertiary/aromatic N) is 4. The first-order chi connectivity index (χ1) is 13.3. The average molecular weight is 406 g/mol. The Kier molecular flexibility index (Phi) is 5.78. The van der Waals surface area contributed by atoms with E-state index < -0.39 is 30.3 Å². The number of hydrogen-bond acceptors (Lipinski definition) is 6. The molecular formula is C18H22N4O5S. The second-order valence-electron chi connectivity index (χ2n) is 7.13. The lowest BCUT2D eigenvalue weighted by molar-refractivity contribution is -0.145. The molecule has 0 unspecified atom stereocenters. The molecule has 10 heteroatoms. The highest BCUT2D eigenvalue weighted by Crippen LogP contribution is 2.16. The van der Waals surface area contributed by atoms with Gasteiger partial charge in [-0.05, 0) is 17.4 Å². The Morgan fingerprint density at radius 2 is 1.61 bits per heavy atom. The third-order valence-corrected chi connectivity index (χ3v) is 5.49. The van der Waals surface area contributed by atoms with E-state index in [1.165, 1.54) is 16.2 Å². The number of hydrogen-bond donors (Lipinski definition) is 0. The number of thiophene rings is 1. The second-order valence-corrected chi connectivity index (χ2v) is 8.08. The van der Waals surface area contributed by atoms with Gasteiger partial charge in [-0.1, -0.05) is 19.9 Å². The molecule has 2 aliphatic rings. The van der Waals surface area contributed by atoms with Gasteiger partial charge >= 0.3 is 17.8 Å². The molecule has 2 saturated heterocycles. The van der Waals surface area contributed by atoms with Crippen LogP contribution in [0, 0.1) is 5.92 Å². The molecular weight excluding hydrogens is 384 g/mol. The summed E-state index contributed by atoms with van der Waals surface area (Å²) < 4.78 is 0. The summed E-state index contributed by atoms with van der Waals surface area (Å²) in [6.45, 7) is 4.72. The third-order valence-electron chi connectivity index (χ3n) is 4.63. The minimum atomic E-state index is -0.967. The van der Waals surface area contributed by atoms with Crippen molar-refractivity contribution in [1.29, 1.82) is 0 Å². The summed E-state index contributed by atoms with van der Waals surface area (Å²) in [7, 11) is 0. The molecule has 28 heavy (non-hydrogen) atoms. The van der Waals surface area contributed by atoms with Crippen LogP contribution in [0.4, 0.5) is 4.79 Å². The van der Waals surface area contributed by atoms with E-state index in [0.29, 0.717) is 36.0 Å². The van der Waals surface area contributed by atoms with Gasteiger partial charge in [0.05, 0.1) is 4.88 Å². The fourth-order valence-corrected chi connectivity index (χ4v) is 3.86. The molecule has 1 aromatic heterocycles. The molecule has 0 saturated carbocycles. The Hall–Kier alpha value is -2.75. The van der Waals surface area contributed by atoms with E-state index in [1.54, 1.807) is 11.0 Å². The zero-order valence-corrected chi connectivity index (χ0v) is 16.6. The molecule has 6 amide bonds. The lowest BCUT2D eigenvalue weighted by Crippen LogP contribution is -2.53. The molecule has 2 aliphatic heterocycles. The van der Waals surface area contributed by atoms with Gasteiger partial charge in [0.15, 0.2) is 0 Å². The van der Waals surface area contributed by atoms with Crippen LogP contribution in [-0.2, 0) is 14.4 Å². The van der Waals surface area contributed by atoms with Crippen LogP contribution in [0.1, 0.15) is 23.5 Å². The molecule has 0 aromatic carbocycles. The first-order valence-corrected chi connectivity index (χ1v) is 9.95. The summed E-state index contributed by atoms with van der Waals surface area (Å²) >= 11 is 1.37. The number of piperazine rings is 1. The van der Waals surface area contributed by atoms with E-state index in [2.05, 4.69) is 0 Å². The highest BCUT2D eigenvalue weighted by Gasteiger charge is 2.45. The highest BCUT2D eigenvalue weighted by molar-refractivity contribution is 7.12. The Morgan fingerprint density at radius 1 is 1.00 bits per heavy atom. The van der Waals surface area contributed by atoms with Gasteiger partial charge in [0.2, 0.25) is 5.91 Å². The van der Waals surface area contributed by atoms with Crippen LogP contribution < -0.4 is 0 Å². The van der Waals surface area contributed by atoms with E-state index in [4.69, 9.17) is 0 Å². The highest BCUT2D eigenvalue weighted by atomic mass is 32.1. The van der Waals surface area contributed by atoms with Crippen molar-refractivity contribution in [3.63, 3.8) is 0 Å². The van der Waals surface area contributed by atoms with Crippen molar-refractivity contribution in [1.82, 2.24) is 19.6 Å². The lowest BCUT2D eigenvalue weighted by Gasteiger charge is -2.35. The molecule has 0 bridgehead atoms. The van der Waals surface area contributed by atoms with Gasteiger partial charge in [0, 0.05) is 32.7 Å². The maximum absolute atomic E-state index is 12.5. The molecule has 3 heterocycles. The summed E-state index contributed by atoms with van der Waals surface area (Å²) in [5.74, 6) is -2.32. The maximum Gasteiger partial charge on any atom is 0.334 e. The summed E-state index contributed by atoms with van der Waals surface area (Å²) in [5.41, 5.74) is 0. The molecule has 9 nitrogen and oxygen atoms in total. The lowest BCUT2D eigenvalue weighted by atomic mass is 10.2. The van der Waals surface area contributed by atoms with Gasteiger partial charge in [-0.25, -0.2) is 9.69 Å². The van der Waals surface area contributed by atoms with E-state index in [9.17, 15) is 24.0 Å². The Labute approximate surface area is 166 Å². The molecule has 2 fully saturated rings. The monoisotopic (exact) mass is 406 g/mol. The SMILES string of the molecule is CC(C)CN1C(=O)C(=O)N(CC(=O)N2CCN(C(=O)c3cccs3)CC2)C1=O. The normalized spacial score (nSPS) is 17.9. The predicted octanol–water partition coefficient (Wildman–Crippen LogP) is 0.479. The molecule has 1 aromatic rings. The standard InChI is InChI=1S/C18H22N4O5S/c1-12(2)10-21-16(25)17(26)22(18(21)27)11-14(23)19-5-7-20(8-6-19)15(24)13-4-3-9-28-13/h3-4,9,12H,5-8,10-11H2,1-2H3. The summed E-state index contributed by atoms with van der Waals surface area (Å²) in [6.07, 6.45) is 0. The van der Waals surface area contributed by atoms with Crippen molar-refractivity contribution < 1.29 is 24.0 Å². The number of imide groups is 2. The van der Waals surface area contributed by atoms with Crippen molar-refractivity contribution in [2.24, 2.45) is 5.92 Å². The minimum Gasteiger partial charge on any atom is -0.338 e. The minimum absolute atomic E-state index is 0.0188. The van der Waals surface area contributed by atoms with Gasteiger partial charge < -0.3 is 9.80 Å². The molecule has 0 N–H and O–H groups in total. The van der Waals surface area contributed by atoms with Crippen LogP contribution >= 0.6 is 11.3 Å². The van der Waals surface area contributed by atoms with E-state index >= 15 is 0 Å².